The highest BCUT2D eigenvalue weighted by atomic mass is 19.1. The number of aromatic nitrogens is 1. The van der Waals surface area contributed by atoms with Gasteiger partial charge >= 0.3 is 0 Å². The molecule has 0 atom stereocenters. The van der Waals surface area contributed by atoms with Crippen molar-refractivity contribution in [2.24, 2.45) is 5.92 Å². The maximum Gasteiger partial charge on any atom is 0.179 e. The van der Waals surface area contributed by atoms with Gasteiger partial charge in [0.15, 0.2) is 5.78 Å². The number of hydrogen-bond donors (Lipinski definition) is 0. The molecule has 0 bridgehead atoms. The molecule has 0 spiro atoms. The highest BCUT2D eigenvalue weighted by molar-refractivity contribution is 6.10. The van der Waals surface area contributed by atoms with Crippen LogP contribution in [0.5, 0.6) is 0 Å². The lowest BCUT2D eigenvalue weighted by Gasteiger charge is -2.29. The van der Waals surface area contributed by atoms with Crippen LogP contribution in [0.15, 0.2) is 48.5 Å². The van der Waals surface area contributed by atoms with E-state index in [9.17, 15) is 9.18 Å². The van der Waals surface area contributed by atoms with Crippen molar-refractivity contribution in [1.82, 2.24) is 9.47 Å². The number of carbonyl (C=O) groups is 1. The molecule has 0 saturated carbocycles. The number of likely N-dealkylation sites (tertiary alicyclic amines) is 1. The predicted octanol–water partition coefficient (Wildman–Crippen LogP) is 4.99. The van der Waals surface area contributed by atoms with Crippen molar-refractivity contribution in [3.63, 3.8) is 0 Å². The number of halogens is 1. The Bertz CT molecular complexity index is 966. The van der Waals surface area contributed by atoms with Gasteiger partial charge in [0.05, 0.1) is 12.1 Å². The van der Waals surface area contributed by atoms with Crippen LogP contribution in [-0.4, -0.2) is 34.9 Å². The van der Waals surface area contributed by atoms with Crippen LogP contribution < -0.4 is 0 Å². The number of benzene rings is 2. The molecule has 0 aliphatic carbocycles. The van der Waals surface area contributed by atoms with Crippen molar-refractivity contribution < 1.29 is 9.18 Å². The van der Waals surface area contributed by atoms with E-state index < -0.39 is 0 Å². The van der Waals surface area contributed by atoms with Crippen LogP contribution >= 0.6 is 0 Å². The smallest absolute Gasteiger partial charge is 0.179 e. The number of piperidine rings is 1. The predicted molar refractivity (Wildman–Crippen MR) is 107 cm³/mol. The quantitative estimate of drug-likeness (QED) is 0.609. The first-order valence-electron chi connectivity index (χ1n) is 9.66. The fraction of sp³-hybridized carbons (Fsp3) is 0.348. The largest absolute Gasteiger partial charge is 0.313 e. The molecule has 1 aromatic heterocycles. The van der Waals surface area contributed by atoms with E-state index in [0.717, 1.165) is 59.7 Å². The third-order valence-corrected chi connectivity index (χ3v) is 5.72. The molecule has 1 aliphatic heterocycles. The van der Waals surface area contributed by atoms with E-state index in [0.29, 0.717) is 6.54 Å². The number of rotatable bonds is 4. The van der Waals surface area contributed by atoms with Crippen molar-refractivity contribution in [2.75, 3.05) is 19.6 Å². The molecular weight excluding hydrogens is 339 g/mol. The van der Waals surface area contributed by atoms with E-state index in [2.05, 4.69) is 16.4 Å². The molecule has 1 fully saturated rings. The molecule has 1 aliphatic rings. The molecular formula is C23H25FN2O. The Morgan fingerprint density at radius 3 is 2.44 bits per heavy atom. The Morgan fingerprint density at radius 2 is 1.74 bits per heavy atom. The third-order valence-electron chi connectivity index (χ3n) is 5.72. The van der Waals surface area contributed by atoms with Gasteiger partial charge in [-0.1, -0.05) is 25.1 Å². The number of para-hydroxylation sites is 1. The van der Waals surface area contributed by atoms with Crippen molar-refractivity contribution in [2.45, 2.75) is 26.7 Å². The average Bonchev–Trinajstić information content (AvgIpc) is 2.96. The van der Waals surface area contributed by atoms with Crippen LogP contribution in [-0.2, 0) is 0 Å². The zero-order valence-electron chi connectivity index (χ0n) is 15.9. The summed E-state index contributed by atoms with van der Waals surface area (Å²) >= 11 is 0. The van der Waals surface area contributed by atoms with Crippen molar-refractivity contribution in [1.29, 1.82) is 0 Å². The fourth-order valence-corrected chi connectivity index (χ4v) is 4.14. The molecule has 0 unspecified atom stereocenters. The lowest BCUT2D eigenvalue weighted by molar-refractivity contribution is 0.0900. The van der Waals surface area contributed by atoms with E-state index in [1.165, 1.54) is 12.1 Å². The van der Waals surface area contributed by atoms with Gasteiger partial charge in [0.2, 0.25) is 0 Å². The van der Waals surface area contributed by atoms with Gasteiger partial charge in [0, 0.05) is 22.3 Å². The summed E-state index contributed by atoms with van der Waals surface area (Å²) in [7, 11) is 0. The SMILES string of the molecule is Cc1c(C(=O)CN2CCC(C)CC2)c2ccccc2n1-c1ccc(F)cc1. The Labute approximate surface area is 159 Å². The molecule has 27 heavy (non-hydrogen) atoms. The molecule has 140 valence electrons. The number of nitrogens with zero attached hydrogens (tertiary/aromatic N) is 2. The van der Waals surface area contributed by atoms with Crippen LogP contribution in [0.4, 0.5) is 4.39 Å². The lowest BCUT2D eigenvalue weighted by Crippen LogP contribution is -2.36. The summed E-state index contributed by atoms with van der Waals surface area (Å²) in [6.07, 6.45) is 2.31. The summed E-state index contributed by atoms with van der Waals surface area (Å²) in [4.78, 5) is 15.5. The summed E-state index contributed by atoms with van der Waals surface area (Å²) < 4.78 is 15.4. The maximum atomic E-state index is 13.4. The normalized spacial score (nSPS) is 16.1. The molecule has 4 heteroatoms. The molecule has 0 amide bonds. The van der Waals surface area contributed by atoms with E-state index in [4.69, 9.17) is 0 Å². The Morgan fingerprint density at radius 1 is 1.07 bits per heavy atom. The van der Waals surface area contributed by atoms with Crippen LogP contribution in [0.3, 0.4) is 0 Å². The third kappa shape index (κ3) is 3.42. The molecule has 2 heterocycles. The summed E-state index contributed by atoms with van der Waals surface area (Å²) in [6.45, 7) is 6.70. The maximum absolute atomic E-state index is 13.4. The van der Waals surface area contributed by atoms with E-state index in [1.54, 1.807) is 12.1 Å². The molecule has 0 radical (unpaired) electrons. The van der Waals surface area contributed by atoms with Crippen molar-refractivity contribution in [3.8, 4) is 5.69 Å². The molecule has 3 nitrogen and oxygen atoms in total. The minimum atomic E-state index is -0.261. The van der Waals surface area contributed by atoms with Gasteiger partial charge in [-0.2, -0.15) is 0 Å². The molecule has 1 saturated heterocycles. The Kier molecular flexibility index (Phi) is 4.83. The first kappa shape index (κ1) is 17.9. The lowest BCUT2D eigenvalue weighted by atomic mass is 9.98. The number of Topliss-reactive ketones (excluding diaryl/α,β-unsaturated/α-hetero) is 1. The van der Waals surface area contributed by atoms with Gasteiger partial charge in [-0.25, -0.2) is 4.39 Å². The second-order valence-corrected chi connectivity index (χ2v) is 7.67. The monoisotopic (exact) mass is 364 g/mol. The minimum absolute atomic E-state index is 0.166. The Hall–Kier alpha value is -2.46. The average molecular weight is 364 g/mol. The van der Waals surface area contributed by atoms with Gasteiger partial charge in [-0.15, -0.1) is 0 Å². The second-order valence-electron chi connectivity index (χ2n) is 7.67. The zero-order chi connectivity index (χ0) is 19.0. The molecule has 2 aromatic carbocycles. The molecule has 3 aromatic rings. The van der Waals surface area contributed by atoms with Crippen LogP contribution in [0, 0.1) is 18.7 Å². The summed E-state index contributed by atoms with van der Waals surface area (Å²) in [5.74, 6) is 0.654. The van der Waals surface area contributed by atoms with Crippen LogP contribution in [0.25, 0.3) is 16.6 Å². The van der Waals surface area contributed by atoms with Gasteiger partial charge in [0.1, 0.15) is 5.82 Å². The van der Waals surface area contributed by atoms with E-state index >= 15 is 0 Å². The molecule has 4 rings (SSSR count). The van der Waals surface area contributed by atoms with Crippen molar-refractivity contribution in [3.05, 3.63) is 65.6 Å². The summed E-state index contributed by atoms with van der Waals surface area (Å²) in [5.41, 5.74) is 3.56. The van der Waals surface area contributed by atoms with Gasteiger partial charge in [0.25, 0.3) is 0 Å². The van der Waals surface area contributed by atoms with Gasteiger partial charge in [-0.3, -0.25) is 9.69 Å². The van der Waals surface area contributed by atoms with Gasteiger partial charge < -0.3 is 4.57 Å². The van der Waals surface area contributed by atoms with Crippen LogP contribution in [0.2, 0.25) is 0 Å². The van der Waals surface area contributed by atoms with E-state index in [1.807, 2.05) is 31.2 Å². The van der Waals surface area contributed by atoms with Gasteiger partial charge in [-0.05, 0) is 69.1 Å². The summed E-state index contributed by atoms with van der Waals surface area (Å²) in [5, 5.41) is 0.967. The number of hydrogen-bond acceptors (Lipinski definition) is 2. The number of fused-ring (bicyclic) bond motifs is 1. The first-order chi connectivity index (χ1) is 13.0. The first-order valence-corrected chi connectivity index (χ1v) is 9.66. The number of ketones is 1. The zero-order valence-corrected chi connectivity index (χ0v) is 15.9. The highest BCUT2D eigenvalue weighted by Crippen LogP contribution is 2.30. The highest BCUT2D eigenvalue weighted by Gasteiger charge is 2.24. The number of carbonyl (C=O) groups excluding carboxylic acids is 1. The molecule has 0 N–H and O–H groups in total. The minimum Gasteiger partial charge on any atom is -0.313 e. The van der Waals surface area contributed by atoms with Crippen molar-refractivity contribution >= 4 is 16.7 Å². The van der Waals surface area contributed by atoms with E-state index in [-0.39, 0.29) is 11.6 Å². The topological polar surface area (TPSA) is 25.2 Å². The fourth-order valence-electron chi connectivity index (χ4n) is 4.14. The Balaban J connectivity index is 1.74. The van der Waals surface area contributed by atoms with Crippen LogP contribution in [0.1, 0.15) is 35.8 Å². The second kappa shape index (κ2) is 7.28. The summed E-state index contributed by atoms with van der Waals surface area (Å²) in [6, 6.07) is 14.4. The standard InChI is InChI=1S/C23H25FN2O/c1-16-11-13-25(14-12-16)15-22(27)23-17(2)26(19-9-7-18(24)8-10-19)21-6-4-3-5-20(21)23/h3-10,16H,11-15H2,1-2H3.